The molecule has 0 atom stereocenters. The lowest BCUT2D eigenvalue weighted by Gasteiger charge is -2.03. The molecule has 1 N–H and O–H groups in total. The van der Waals surface area contributed by atoms with Gasteiger partial charge in [0.05, 0.1) is 7.11 Å². The molecule has 0 unspecified atom stereocenters. The summed E-state index contributed by atoms with van der Waals surface area (Å²) < 4.78 is 11.0. The van der Waals surface area contributed by atoms with Crippen LogP contribution in [0.3, 0.4) is 0 Å². The smallest absolute Gasteiger partial charge is 0.227 e. The third-order valence-electron chi connectivity index (χ3n) is 3.47. The molecule has 0 aliphatic carbocycles. The van der Waals surface area contributed by atoms with E-state index >= 15 is 0 Å². The van der Waals surface area contributed by atoms with Crippen molar-refractivity contribution >= 4 is 22.7 Å². The average Bonchev–Trinajstić information content (AvgIpc) is 2.98. The number of oxazole rings is 1. The SMILES string of the molecule is CCCC(=O)Nc1ccc2nc(-c3cccc(OC)c3)oc2c1. The Kier molecular flexibility index (Phi) is 4.28. The number of ether oxygens (including phenoxy) is 1. The van der Waals surface area contributed by atoms with Gasteiger partial charge in [0.1, 0.15) is 11.3 Å². The van der Waals surface area contributed by atoms with Crippen LogP contribution in [-0.4, -0.2) is 18.0 Å². The highest BCUT2D eigenvalue weighted by atomic mass is 16.5. The second-order valence-electron chi connectivity index (χ2n) is 5.23. The Morgan fingerprint density at radius 3 is 2.91 bits per heavy atom. The lowest BCUT2D eigenvalue weighted by molar-refractivity contribution is -0.116. The quantitative estimate of drug-likeness (QED) is 0.765. The number of nitrogens with one attached hydrogen (secondary N) is 1. The molecule has 0 aliphatic rings. The molecule has 0 spiro atoms. The third kappa shape index (κ3) is 3.34. The van der Waals surface area contributed by atoms with Crippen molar-refractivity contribution in [2.75, 3.05) is 12.4 Å². The second kappa shape index (κ2) is 6.52. The molecule has 1 aromatic heterocycles. The second-order valence-corrected chi connectivity index (χ2v) is 5.23. The van der Waals surface area contributed by atoms with E-state index in [4.69, 9.17) is 9.15 Å². The first kappa shape index (κ1) is 15.1. The molecule has 0 fully saturated rings. The zero-order valence-corrected chi connectivity index (χ0v) is 13.1. The molecule has 118 valence electrons. The van der Waals surface area contributed by atoms with Gasteiger partial charge in [0.25, 0.3) is 0 Å². The zero-order valence-electron chi connectivity index (χ0n) is 13.1. The number of hydrogen-bond donors (Lipinski definition) is 1. The van der Waals surface area contributed by atoms with Crippen molar-refractivity contribution < 1.29 is 13.9 Å². The molecule has 5 nitrogen and oxygen atoms in total. The first-order valence-electron chi connectivity index (χ1n) is 7.54. The van der Waals surface area contributed by atoms with Crippen LogP contribution in [0.15, 0.2) is 46.9 Å². The van der Waals surface area contributed by atoms with Crippen molar-refractivity contribution in [2.45, 2.75) is 19.8 Å². The van der Waals surface area contributed by atoms with E-state index in [0.717, 1.165) is 23.3 Å². The number of methoxy groups -OCH3 is 1. The lowest BCUT2D eigenvalue weighted by Crippen LogP contribution is -2.10. The first-order chi connectivity index (χ1) is 11.2. The van der Waals surface area contributed by atoms with Gasteiger partial charge in [-0.05, 0) is 36.8 Å². The minimum Gasteiger partial charge on any atom is -0.497 e. The highest BCUT2D eigenvalue weighted by Crippen LogP contribution is 2.28. The minimum absolute atomic E-state index is 0.000570. The van der Waals surface area contributed by atoms with Crippen LogP contribution in [0.4, 0.5) is 5.69 Å². The number of rotatable bonds is 5. The van der Waals surface area contributed by atoms with Crippen molar-refractivity contribution in [1.29, 1.82) is 0 Å². The number of amides is 1. The zero-order chi connectivity index (χ0) is 16.2. The average molecular weight is 310 g/mol. The first-order valence-corrected chi connectivity index (χ1v) is 7.54. The van der Waals surface area contributed by atoms with Gasteiger partial charge >= 0.3 is 0 Å². The fourth-order valence-corrected chi connectivity index (χ4v) is 2.33. The number of carbonyl (C=O) groups excluding carboxylic acids is 1. The standard InChI is InChI=1S/C18H18N2O3/c1-3-5-17(21)19-13-8-9-15-16(11-13)23-18(20-15)12-6-4-7-14(10-12)22-2/h4,6-11H,3,5H2,1-2H3,(H,19,21). The summed E-state index contributed by atoms with van der Waals surface area (Å²) >= 11 is 0. The third-order valence-corrected chi connectivity index (χ3v) is 3.47. The number of nitrogens with zero attached hydrogens (tertiary/aromatic N) is 1. The molecule has 3 aromatic rings. The van der Waals surface area contributed by atoms with E-state index in [2.05, 4.69) is 10.3 Å². The van der Waals surface area contributed by atoms with E-state index in [0.29, 0.717) is 23.6 Å². The van der Waals surface area contributed by atoms with Crippen LogP contribution in [0.25, 0.3) is 22.6 Å². The normalized spacial score (nSPS) is 10.7. The predicted molar refractivity (Wildman–Crippen MR) is 89.5 cm³/mol. The van der Waals surface area contributed by atoms with Crippen molar-refractivity contribution in [3.8, 4) is 17.2 Å². The number of hydrogen-bond acceptors (Lipinski definition) is 4. The molecule has 1 heterocycles. The van der Waals surface area contributed by atoms with Gasteiger partial charge in [-0.3, -0.25) is 4.79 Å². The number of anilines is 1. The molecule has 0 aliphatic heterocycles. The molecule has 0 saturated heterocycles. The van der Waals surface area contributed by atoms with Gasteiger partial charge in [0.15, 0.2) is 5.58 Å². The maximum atomic E-state index is 11.7. The van der Waals surface area contributed by atoms with E-state index in [9.17, 15) is 4.79 Å². The molecule has 0 radical (unpaired) electrons. The van der Waals surface area contributed by atoms with Crippen LogP contribution in [0.2, 0.25) is 0 Å². The van der Waals surface area contributed by atoms with Gasteiger partial charge in [-0.1, -0.05) is 13.0 Å². The fourth-order valence-electron chi connectivity index (χ4n) is 2.33. The Bertz CT molecular complexity index is 839. The van der Waals surface area contributed by atoms with Gasteiger partial charge in [0, 0.05) is 23.7 Å². The number of carbonyl (C=O) groups is 1. The number of benzene rings is 2. The summed E-state index contributed by atoms with van der Waals surface area (Å²) in [5, 5.41) is 2.86. The Balaban J connectivity index is 1.91. The molecular weight excluding hydrogens is 292 g/mol. The molecule has 5 heteroatoms. The minimum atomic E-state index is -0.000570. The van der Waals surface area contributed by atoms with Crippen LogP contribution in [-0.2, 0) is 4.79 Å². The summed E-state index contributed by atoms with van der Waals surface area (Å²) in [6.45, 7) is 1.97. The fraction of sp³-hybridized carbons (Fsp3) is 0.222. The van der Waals surface area contributed by atoms with E-state index in [-0.39, 0.29) is 5.91 Å². The monoisotopic (exact) mass is 310 g/mol. The van der Waals surface area contributed by atoms with Gasteiger partial charge < -0.3 is 14.5 Å². The maximum absolute atomic E-state index is 11.7. The molecule has 0 bridgehead atoms. The summed E-state index contributed by atoms with van der Waals surface area (Å²) in [5.41, 5.74) is 2.94. The van der Waals surface area contributed by atoms with E-state index in [1.807, 2.05) is 43.3 Å². The highest BCUT2D eigenvalue weighted by molar-refractivity contribution is 5.92. The van der Waals surface area contributed by atoms with Crippen LogP contribution >= 0.6 is 0 Å². The van der Waals surface area contributed by atoms with Crippen LogP contribution in [0.5, 0.6) is 5.75 Å². The summed E-state index contributed by atoms with van der Waals surface area (Å²) in [5.74, 6) is 1.27. The van der Waals surface area contributed by atoms with E-state index in [1.165, 1.54) is 0 Å². The summed E-state index contributed by atoms with van der Waals surface area (Å²) in [6, 6.07) is 13.0. The Morgan fingerprint density at radius 2 is 2.13 bits per heavy atom. The summed E-state index contributed by atoms with van der Waals surface area (Å²) in [7, 11) is 1.62. The van der Waals surface area contributed by atoms with Gasteiger partial charge in [-0.2, -0.15) is 0 Å². The van der Waals surface area contributed by atoms with Crippen LogP contribution < -0.4 is 10.1 Å². The molecule has 3 rings (SSSR count). The van der Waals surface area contributed by atoms with E-state index < -0.39 is 0 Å². The lowest BCUT2D eigenvalue weighted by atomic mass is 10.2. The predicted octanol–water partition coefficient (Wildman–Crippen LogP) is 4.24. The summed E-state index contributed by atoms with van der Waals surface area (Å²) in [4.78, 5) is 16.2. The molecule has 1 amide bonds. The Morgan fingerprint density at radius 1 is 1.26 bits per heavy atom. The Hall–Kier alpha value is -2.82. The van der Waals surface area contributed by atoms with E-state index in [1.54, 1.807) is 13.2 Å². The van der Waals surface area contributed by atoms with Crippen LogP contribution in [0, 0.1) is 0 Å². The Labute approximate surface area is 134 Å². The molecule has 23 heavy (non-hydrogen) atoms. The van der Waals surface area contributed by atoms with Crippen molar-refractivity contribution in [1.82, 2.24) is 4.98 Å². The van der Waals surface area contributed by atoms with Gasteiger partial charge in [-0.25, -0.2) is 4.98 Å². The van der Waals surface area contributed by atoms with Crippen LogP contribution in [0.1, 0.15) is 19.8 Å². The summed E-state index contributed by atoms with van der Waals surface area (Å²) in [6.07, 6.45) is 1.32. The van der Waals surface area contributed by atoms with Gasteiger partial charge in [-0.15, -0.1) is 0 Å². The molecular formula is C18H18N2O3. The number of aromatic nitrogens is 1. The largest absolute Gasteiger partial charge is 0.497 e. The van der Waals surface area contributed by atoms with Crippen molar-refractivity contribution in [3.05, 3.63) is 42.5 Å². The van der Waals surface area contributed by atoms with Crippen molar-refractivity contribution in [3.63, 3.8) is 0 Å². The maximum Gasteiger partial charge on any atom is 0.227 e. The highest BCUT2D eigenvalue weighted by Gasteiger charge is 2.10. The van der Waals surface area contributed by atoms with Gasteiger partial charge in [0.2, 0.25) is 11.8 Å². The number of fused-ring (bicyclic) bond motifs is 1. The van der Waals surface area contributed by atoms with Crippen molar-refractivity contribution in [2.24, 2.45) is 0 Å². The molecule has 2 aromatic carbocycles. The molecule has 0 saturated carbocycles. The topological polar surface area (TPSA) is 64.4 Å².